The first-order chi connectivity index (χ1) is 8.18. The minimum absolute atomic E-state index is 0.303. The molecule has 0 radical (unpaired) electrons. The highest BCUT2D eigenvalue weighted by molar-refractivity contribution is 6.14. The molecule has 0 bridgehead atoms. The van der Waals surface area contributed by atoms with Gasteiger partial charge in [-0.05, 0) is 18.2 Å². The Morgan fingerprint density at radius 2 is 1.94 bits per heavy atom. The lowest BCUT2D eigenvalue weighted by Gasteiger charge is -1.99. The van der Waals surface area contributed by atoms with Gasteiger partial charge in [-0.25, -0.2) is 4.39 Å². The van der Waals surface area contributed by atoms with Gasteiger partial charge in [0.1, 0.15) is 5.82 Å². The first kappa shape index (κ1) is 9.84. The normalized spacial score (nSPS) is 11.1. The van der Waals surface area contributed by atoms with Crippen molar-refractivity contribution in [1.82, 2.24) is 4.98 Å². The maximum Gasteiger partial charge on any atom is 0.250 e. The Morgan fingerprint density at radius 3 is 2.71 bits per heavy atom. The summed E-state index contributed by atoms with van der Waals surface area (Å²) in [6.45, 7) is 0. The summed E-state index contributed by atoms with van der Waals surface area (Å²) in [5.74, 6) is -0.927. The lowest BCUT2D eigenvalue weighted by molar-refractivity contribution is 0.100. The number of para-hydroxylation sites is 1. The average Bonchev–Trinajstić information content (AvgIpc) is 2.68. The van der Waals surface area contributed by atoms with Crippen LogP contribution in [0.5, 0.6) is 0 Å². The van der Waals surface area contributed by atoms with Gasteiger partial charge in [0.05, 0.1) is 11.1 Å². The molecular weight excluding hydrogens is 219 g/mol. The van der Waals surface area contributed by atoms with E-state index in [9.17, 15) is 9.18 Å². The molecule has 1 heterocycles. The number of amides is 1. The number of hydrogen-bond acceptors (Lipinski definition) is 1. The molecule has 4 heteroatoms. The molecule has 3 aromatic rings. The highest BCUT2D eigenvalue weighted by atomic mass is 19.1. The van der Waals surface area contributed by atoms with Gasteiger partial charge in [-0.15, -0.1) is 0 Å². The smallest absolute Gasteiger partial charge is 0.250 e. The summed E-state index contributed by atoms with van der Waals surface area (Å²) in [5, 5.41) is 1.17. The van der Waals surface area contributed by atoms with Crippen molar-refractivity contribution in [3.05, 3.63) is 47.8 Å². The molecule has 3 nitrogen and oxygen atoms in total. The summed E-state index contributed by atoms with van der Waals surface area (Å²) in [6.07, 6.45) is 0. The number of halogens is 1. The Bertz CT molecular complexity index is 746. The van der Waals surface area contributed by atoms with Crippen LogP contribution in [0.2, 0.25) is 0 Å². The third-order valence-corrected chi connectivity index (χ3v) is 2.88. The fourth-order valence-electron chi connectivity index (χ4n) is 2.12. The highest BCUT2D eigenvalue weighted by Crippen LogP contribution is 2.29. The zero-order valence-electron chi connectivity index (χ0n) is 8.83. The summed E-state index contributed by atoms with van der Waals surface area (Å²) in [6, 6.07) is 9.98. The van der Waals surface area contributed by atoms with Crippen LogP contribution in [0.25, 0.3) is 21.8 Å². The monoisotopic (exact) mass is 228 g/mol. The van der Waals surface area contributed by atoms with Crippen LogP contribution in [-0.4, -0.2) is 10.9 Å². The summed E-state index contributed by atoms with van der Waals surface area (Å²) >= 11 is 0. The molecule has 0 unspecified atom stereocenters. The molecule has 0 saturated carbocycles. The third-order valence-electron chi connectivity index (χ3n) is 2.88. The lowest BCUT2D eigenvalue weighted by atomic mass is 10.1. The van der Waals surface area contributed by atoms with Gasteiger partial charge in [0, 0.05) is 16.3 Å². The van der Waals surface area contributed by atoms with Crippen LogP contribution in [0.1, 0.15) is 10.4 Å². The predicted molar refractivity (Wildman–Crippen MR) is 64.3 cm³/mol. The highest BCUT2D eigenvalue weighted by Gasteiger charge is 2.14. The fourth-order valence-corrected chi connectivity index (χ4v) is 2.12. The van der Waals surface area contributed by atoms with E-state index >= 15 is 0 Å². The lowest BCUT2D eigenvalue weighted by Crippen LogP contribution is -2.11. The van der Waals surface area contributed by atoms with Crippen molar-refractivity contribution in [1.29, 1.82) is 0 Å². The van der Waals surface area contributed by atoms with Gasteiger partial charge >= 0.3 is 0 Å². The molecule has 0 aliphatic carbocycles. The number of carbonyl (C=O) groups excluding carboxylic acids is 1. The van der Waals surface area contributed by atoms with Crippen molar-refractivity contribution in [3.63, 3.8) is 0 Å². The molecule has 0 saturated heterocycles. The maximum atomic E-state index is 13.8. The Balaban J connectivity index is 2.58. The largest absolute Gasteiger partial charge is 0.366 e. The molecule has 1 amide bonds. The number of fused-ring (bicyclic) bond motifs is 3. The van der Waals surface area contributed by atoms with Crippen molar-refractivity contribution in [2.24, 2.45) is 5.73 Å². The molecular formula is C13H9FN2O. The van der Waals surface area contributed by atoms with Crippen molar-refractivity contribution in [3.8, 4) is 0 Å². The molecule has 1 aromatic heterocycles. The van der Waals surface area contributed by atoms with E-state index < -0.39 is 5.91 Å². The number of benzene rings is 2. The van der Waals surface area contributed by atoms with Crippen molar-refractivity contribution < 1.29 is 9.18 Å². The number of nitrogens with one attached hydrogen (secondary N) is 1. The molecule has 84 valence electrons. The van der Waals surface area contributed by atoms with E-state index in [0.717, 1.165) is 10.9 Å². The Kier molecular flexibility index (Phi) is 1.92. The van der Waals surface area contributed by atoms with E-state index in [2.05, 4.69) is 4.98 Å². The van der Waals surface area contributed by atoms with Crippen LogP contribution in [0.4, 0.5) is 4.39 Å². The number of rotatable bonds is 1. The molecule has 0 aliphatic heterocycles. The summed E-state index contributed by atoms with van der Waals surface area (Å²) in [4.78, 5) is 14.3. The number of primary amides is 1. The fraction of sp³-hybridized carbons (Fsp3) is 0. The molecule has 3 N–H and O–H groups in total. The number of aromatic amines is 1. The summed E-state index contributed by atoms with van der Waals surface area (Å²) in [5.41, 5.74) is 6.82. The van der Waals surface area contributed by atoms with Crippen LogP contribution in [-0.2, 0) is 0 Å². The van der Waals surface area contributed by atoms with Crippen LogP contribution in [0.15, 0.2) is 36.4 Å². The second-order valence-corrected chi connectivity index (χ2v) is 3.88. The van der Waals surface area contributed by atoms with Gasteiger partial charge in [0.2, 0.25) is 0 Å². The number of nitrogens with two attached hydrogens (primary N) is 1. The van der Waals surface area contributed by atoms with E-state index in [1.807, 2.05) is 24.3 Å². The minimum Gasteiger partial charge on any atom is -0.366 e. The Morgan fingerprint density at radius 1 is 1.18 bits per heavy atom. The minimum atomic E-state index is -0.568. The molecule has 0 atom stereocenters. The van der Waals surface area contributed by atoms with Crippen molar-refractivity contribution in [2.45, 2.75) is 0 Å². The van der Waals surface area contributed by atoms with Gasteiger partial charge in [-0.1, -0.05) is 18.2 Å². The van der Waals surface area contributed by atoms with Gasteiger partial charge in [-0.2, -0.15) is 0 Å². The number of hydrogen-bond donors (Lipinski definition) is 2. The average molecular weight is 228 g/mol. The first-order valence-corrected chi connectivity index (χ1v) is 5.17. The zero-order chi connectivity index (χ0) is 12.0. The van der Waals surface area contributed by atoms with Crippen LogP contribution < -0.4 is 5.73 Å². The summed E-state index contributed by atoms with van der Waals surface area (Å²) < 4.78 is 13.8. The van der Waals surface area contributed by atoms with Gasteiger partial charge in [0.15, 0.2) is 0 Å². The molecule has 2 aromatic carbocycles. The van der Waals surface area contributed by atoms with E-state index in [-0.39, 0.29) is 5.82 Å². The molecule has 3 rings (SSSR count). The second kappa shape index (κ2) is 3.31. The van der Waals surface area contributed by atoms with Crippen molar-refractivity contribution in [2.75, 3.05) is 0 Å². The van der Waals surface area contributed by atoms with Gasteiger partial charge < -0.3 is 10.7 Å². The van der Waals surface area contributed by atoms with E-state index in [4.69, 9.17) is 5.73 Å². The van der Waals surface area contributed by atoms with E-state index in [0.29, 0.717) is 16.5 Å². The zero-order valence-corrected chi connectivity index (χ0v) is 8.83. The Hall–Kier alpha value is -2.36. The number of carbonyl (C=O) groups is 1. The van der Waals surface area contributed by atoms with Crippen LogP contribution in [0, 0.1) is 5.82 Å². The van der Waals surface area contributed by atoms with Crippen LogP contribution in [0.3, 0.4) is 0 Å². The SMILES string of the molecule is NC(=O)c1ccc(F)c2c1[nH]c1ccccc12. The van der Waals surface area contributed by atoms with Gasteiger partial charge in [0.25, 0.3) is 5.91 Å². The summed E-state index contributed by atoms with van der Waals surface area (Å²) in [7, 11) is 0. The van der Waals surface area contributed by atoms with Crippen molar-refractivity contribution >= 4 is 27.7 Å². The quantitative estimate of drug-likeness (QED) is 0.660. The standard InChI is InChI=1S/C13H9FN2O/c14-9-6-5-8(13(15)17)12-11(9)7-3-1-2-4-10(7)16-12/h1-6,16H,(H2,15,17). The van der Waals surface area contributed by atoms with E-state index in [1.54, 1.807) is 0 Å². The number of H-pyrrole nitrogens is 1. The van der Waals surface area contributed by atoms with E-state index in [1.165, 1.54) is 12.1 Å². The molecule has 0 aliphatic rings. The molecule has 0 spiro atoms. The third kappa shape index (κ3) is 1.30. The first-order valence-electron chi connectivity index (χ1n) is 5.17. The second-order valence-electron chi connectivity index (χ2n) is 3.88. The Labute approximate surface area is 96.0 Å². The van der Waals surface area contributed by atoms with Crippen LogP contribution >= 0.6 is 0 Å². The molecule has 17 heavy (non-hydrogen) atoms. The maximum absolute atomic E-state index is 13.8. The topological polar surface area (TPSA) is 58.9 Å². The van der Waals surface area contributed by atoms with Gasteiger partial charge in [-0.3, -0.25) is 4.79 Å². The molecule has 0 fully saturated rings. The predicted octanol–water partition coefficient (Wildman–Crippen LogP) is 2.56. The number of aromatic nitrogens is 1.